The Balaban J connectivity index is 1.53. The highest BCUT2D eigenvalue weighted by molar-refractivity contribution is 6.32. The summed E-state index contributed by atoms with van der Waals surface area (Å²) in [5.41, 5.74) is 1.45. The summed E-state index contributed by atoms with van der Waals surface area (Å²) in [6.07, 6.45) is -0.940. The maximum Gasteiger partial charge on any atom is 0.312 e. The molecule has 1 aliphatic heterocycles. The quantitative estimate of drug-likeness (QED) is 0.681. The number of esters is 1. The summed E-state index contributed by atoms with van der Waals surface area (Å²) in [6, 6.07) is 14.4. The van der Waals surface area contributed by atoms with Crippen molar-refractivity contribution in [3.8, 4) is 5.75 Å². The summed E-state index contributed by atoms with van der Waals surface area (Å²) in [6.45, 7) is 2.20. The molecular formula is C22H23ClN2O5. The Labute approximate surface area is 179 Å². The van der Waals surface area contributed by atoms with Crippen molar-refractivity contribution in [1.29, 1.82) is 0 Å². The summed E-state index contributed by atoms with van der Waals surface area (Å²) in [4.78, 5) is 38.7. The minimum Gasteiger partial charge on any atom is -0.495 e. The number of nitrogens with one attached hydrogen (secondary N) is 1. The van der Waals surface area contributed by atoms with Crippen molar-refractivity contribution >= 4 is 35.1 Å². The Morgan fingerprint density at radius 1 is 1.23 bits per heavy atom. The summed E-state index contributed by atoms with van der Waals surface area (Å²) in [5, 5.41) is 3.00. The van der Waals surface area contributed by atoms with Gasteiger partial charge in [0, 0.05) is 25.2 Å². The molecule has 2 aromatic rings. The van der Waals surface area contributed by atoms with E-state index in [9.17, 15) is 14.4 Å². The Kier molecular flexibility index (Phi) is 6.95. The predicted octanol–water partition coefficient (Wildman–Crippen LogP) is 3.27. The van der Waals surface area contributed by atoms with Gasteiger partial charge in [0.1, 0.15) is 5.75 Å². The molecule has 0 radical (unpaired) electrons. The molecule has 7 nitrogen and oxygen atoms in total. The van der Waals surface area contributed by atoms with Crippen LogP contribution in [0.1, 0.15) is 18.9 Å². The number of halogens is 1. The molecule has 0 aromatic heterocycles. The maximum absolute atomic E-state index is 12.5. The lowest BCUT2D eigenvalue weighted by atomic mass is 10.1. The molecule has 0 spiro atoms. The van der Waals surface area contributed by atoms with E-state index in [0.717, 1.165) is 5.56 Å². The van der Waals surface area contributed by atoms with Crippen LogP contribution in [-0.2, 0) is 25.7 Å². The second-order valence-corrected chi connectivity index (χ2v) is 7.49. The fourth-order valence-corrected chi connectivity index (χ4v) is 3.46. The molecule has 1 aliphatic rings. The highest BCUT2D eigenvalue weighted by Gasteiger charge is 2.36. The number of rotatable bonds is 7. The van der Waals surface area contributed by atoms with E-state index in [1.54, 1.807) is 23.1 Å². The number of carbonyl (C=O) groups excluding carboxylic acids is 3. The van der Waals surface area contributed by atoms with Gasteiger partial charge in [-0.15, -0.1) is 0 Å². The second-order valence-electron chi connectivity index (χ2n) is 7.08. The third-order valence-corrected chi connectivity index (χ3v) is 5.14. The van der Waals surface area contributed by atoms with Crippen LogP contribution in [-0.4, -0.2) is 42.4 Å². The van der Waals surface area contributed by atoms with Gasteiger partial charge in [0.2, 0.25) is 5.91 Å². The topological polar surface area (TPSA) is 84.9 Å². The van der Waals surface area contributed by atoms with E-state index in [-0.39, 0.29) is 18.9 Å². The van der Waals surface area contributed by atoms with Crippen molar-refractivity contribution in [2.45, 2.75) is 26.0 Å². The number of carbonyl (C=O) groups is 3. The van der Waals surface area contributed by atoms with Crippen molar-refractivity contribution in [3.63, 3.8) is 0 Å². The van der Waals surface area contributed by atoms with E-state index in [1.165, 1.54) is 14.0 Å². The third-order valence-electron chi connectivity index (χ3n) is 4.85. The molecule has 1 heterocycles. The number of hydrogen-bond acceptors (Lipinski definition) is 5. The van der Waals surface area contributed by atoms with Gasteiger partial charge in [-0.3, -0.25) is 14.4 Å². The fourth-order valence-electron chi connectivity index (χ4n) is 3.20. The van der Waals surface area contributed by atoms with Crippen molar-refractivity contribution in [2.24, 2.45) is 5.92 Å². The van der Waals surface area contributed by atoms with Crippen LogP contribution in [0.4, 0.5) is 5.69 Å². The summed E-state index contributed by atoms with van der Waals surface area (Å²) < 4.78 is 10.4. The summed E-state index contributed by atoms with van der Waals surface area (Å²) >= 11 is 6.05. The van der Waals surface area contributed by atoms with E-state index in [0.29, 0.717) is 23.0 Å². The van der Waals surface area contributed by atoms with Crippen LogP contribution in [0.3, 0.4) is 0 Å². The molecule has 1 fully saturated rings. The Bertz CT molecular complexity index is 934. The smallest absolute Gasteiger partial charge is 0.312 e. The molecule has 0 bridgehead atoms. The van der Waals surface area contributed by atoms with Crippen LogP contribution in [0.15, 0.2) is 48.5 Å². The molecule has 0 aliphatic carbocycles. The van der Waals surface area contributed by atoms with Gasteiger partial charge in [-0.1, -0.05) is 41.9 Å². The number of ether oxygens (including phenoxy) is 2. The Morgan fingerprint density at radius 3 is 2.63 bits per heavy atom. The predicted molar refractivity (Wildman–Crippen MR) is 112 cm³/mol. The molecule has 0 saturated carbocycles. The molecule has 2 amide bonds. The molecular weight excluding hydrogens is 408 g/mol. The average Bonchev–Trinajstić information content (AvgIpc) is 3.09. The van der Waals surface area contributed by atoms with Crippen LogP contribution < -0.4 is 10.1 Å². The van der Waals surface area contributed by atoms with Gasteiger partial charge in [-0.25, -0.2) is 0 Å². The number of benzene rings is 2. The minimum absolute atomic E-state index is 0.0775. The largest absolute Gasteiger partial charge is 0.495 e. The van der Waals surface area contributed by atoms with Gasteiger partial charge in [-0.2, -0.15) is 0 Å². The normalized spacial score (nSPS) is 16.8. The van der Waals surface area contributed by atoms with Crippen LogP contribution in [0, 0.1) is 5.92 Å². The SMILES string of the molecule is COc1ccc(NC(=O)C(C)OC(=O)C2CC(=O)N(Cc3ccccc3)C2)cc1Cl. The number of anilines is 1. The van der Waals surface area contributed by atoms with Crippen LogP contribution in [0.25, 0.3) is 0 Å². The number of amides is 2. The second kappa shape index (κ2) is 9.63. The van der Waals surface area contributed by atoms with Gasteiger partial charge in [0.15, 0.2) is 6.10 Å². The van der Waals surface area contributed by atoms with Crippen molar-refractivity contribution < 1.29 is 23.9 Å². The van der Waals surface area contributed by atoms with E-state index in [4.69, 9.17) is 21.1 Å². The standard InChI is InChI=1S/C22H23ClN2O5/c1-14(21(27)24-17-8-9-19(29-2)18(23)11-17)30-22(28)16-10-20(26)25(13-16)12-15-6-4-3-5-7-15/h3-9,11,14,16H,10,12-13H2,1-2H3,(H,24,27). The molecule has 8 heteroatoms. The lowest BCUT2D eigenvalue weighted by Gasteiger charge is -2.18. The highest BCUT2D eigenvalue weighted by atomic mass is 35.5. The highest BCUT2D eigenvalue weighted by Crippen LogP contribution is 2.27. The van der Waals surface area contributed by atoms with E-state index in [2.05, 4.69) is 5.32 Å². The van der Waals surface area contributed by atoms with Gasteiger partial charge in [-0.05, 0) is 30.7 Å². The first-order valence-corrected chi connectivity index (χ1v) is 9.91. The summed E-state index contributed by atoms with van der Waals surface area (Å²) in [7, 11) is 1.50. The van der Waals surface area contributed by atoms with Crippen molar-refractivity contribution in [3.05, 3.63) is 59.1 Å². The van der Waals surface area contributed by atoms with E-state index in [1.807, 2.05) is 30.3 Å². The fraction of sp³-hybridized carbons (Fsp3) is 0.318. The number of hydrogen-bond donors (Lipinski definition) is 1. The maximum atomic E-state index is 12.5. The zero-order valence-electron chi connectivity index (χ0n) is 16.8. The molecule has 1 saturated heterocycles. The van der Waals surface area contributed by atoms with Crippen LogP contribution in [0.2, 0.25) is 5.02 Å². The van der Waals surface area contributed by atoms with Crippen LogP contribution in [0.5, 0.6) is 5.75 Å². The van der Waals surface area contributed by atoms with Crippen molar-refractivity contribution in [2.75, 3.05) is 19.0 Å². The van der Waals surface area contributed by atoms with Crippen molar-refractivity contribution in [1.82, 2.24) is 4.90 Å². The van der Waals surface area contributed by atoms with Gasteiger partial charge < -0.3 is 19.7 Å². The molecule has 1 N–H and O–H groups in total. The molecule has 2 aromatic carbocycles. The molecule has 2 atom stereocenters. The van der Waals surface area contributed by atoms with Gasteiger partial charge in [0.05, 0.1) is 18.1 Å². The first kappa shape index (κ1) is 21.6. The van der Waals surface area contributed by atoms with Crippen LogP contribution >= 0.6 is 11.6 Å². The third kappa shape index (κ3) is 5.30. The van der Waals surface area contributed by atoms with E-state index >= 15 is 0 Å². The summed E-state index contributed by atoms with van der Waals surface area (Å²) in [5.74, 6) is -1.26. The van der Waals surface area contributed by atoms with E-state index < -0.39 is 23.9 Å². The lowest BCUT2D eigenvalue weighted by Crippen LogP contribution is -2.33. The minimum atomic E-state index is -1.02. The lowest BCUT2D eigenvalue weighted by molar-refractivity contribution is -0.157. The van der Waals surface area contributed by atoms with Gasteiger partial charge >= 0.3 is 5.97 Å². The first-order chi connectivity index (χ1) is 14.4. The monoisotopic (exact) mass is 430 g/mol. The number of nitrogens with zero attached hydrogens (tertiary/aromatic N) is 1. The number of likely N-dealkylation sites (tertiary alicyclic amines) is 1. The molecule has 2 unspecified atom stereocenters. The average molecular weight is 431 g/mol. The zero-order chi connectivity index (χ0) is 21.7. The molecule has 158 valence electrons. The molecule has 3 rings (SSSR count). The Hall–Kier alpha value is -3.06. The zero-order valence-corrected chi connectivity index (χ0v) is 17.5. The first-order valence-electron chi connectivity index (χ1n) is 9.54. The molecule has 30 heavy (non-hydrogen) atoms. The van der Waals surface area contributed by atoms with Gasteiger partial charge in [0.25, 0.3) is 5.91 Å². The Morgan fingerprint density at radius 2 is 1.97 bits per heavy atom. The number of methoxy groups -OCH3 is 1.